The highest BCUT2D eigenvalue weighted by atomic mass is 16.7. The molecule has 6 rings (SSSR count). The van der Waals surface area contributed by atoms with Crippen molar-refractivity contribution in [2.75, 3.05) is 5.06 Å². The third-order valence-electron chi connectivity index (χ3n) is 5.94. The van der Waals surface area contributed by atoms with E-state index in [1.807, 2.05) is 47.5 Å². The molecule has 2 saturated heterocycles. The van der Waals surface area contributed by atoms with Gasteiger partial charge in [0.1, 0.15) is 6.10 Å². The van der Waals surface area contributed by atoms with E-state index in [0.29, 0.717) is 12.8 Å². The van der Waals surface area contributed by atoms with Crippen LogP contribution in [0.15, 0.2) is 91.0 Å². The van der Waals surface area contributed by atoms with Crippen LogP contribution in [-0.4, -0.2) is 17.9 Å². The molecule has 0 radical (unpaired) electrons. The molecule has 3 aliphatic rings. The zero-order valence-corrected chi connectivity index (χ0v) is 15.0. The maximum atomic E-state index is 12.6. The van der Waals surface area contributed by atoms with Crippen LogP contribution in [0.5, 0.6) is 0 Å². The van der Waals surface area contributed by atoms with Crippen molar-refractivity contribution in [3.05, 3.63) is 102 Å². The van der Waals surface area contributed by atoms with Crippen molar-refractivity contribution < 1.29 is 9.63 Å². The van der Waals surface area contributed by atoms with E-state index in [4.69, 9.17) is 4.84 Å². The van der Waals surface area contributed by atoms with Crippen molar-refractivity contribution in [2.24, 2.45) is 0 Å². The summed E-state index contributed by atoms with van der Waals surface area (Å²) in [5.41, 5.74) is 3.19. The lowest BCUT2D eigenvalue weighted by molar-refractivity contribution is -0.152. The van der Waals surface area contributed by atoms with Gasteiger partial charge in [-0.2, -0.15) is 0 Å². The van der Waals surface area contributed by atoms with Gasteiger partial charge in [0, 0.05) is 11.8 Å². The van der Waals surface area contributed by atoms with E-state index in [2.05, 4.69) is 48.5 Å². The first-order valence-electron chi connectivity index (χ1n) is 9.44. The van der Waals surface area contributed by atoms with Crippen molar-refractivity contribution in [3.8, 4) is 0 Å². The van der Waals surface area contributed by atoms with Gasteiger partial charge in [0.2, 0.25) is 0 Å². The number of nitrogens with zero attached hydrogens (tertiary/aromatic N) is 1. The fourth-order valence-corrected chi connectivity index (χ4v) is 4.70. The van der Waals surface area contributed by atoms with Gasteiger partial charge in [0.05, 0.1) is 11.7 Å². The van der Waals surface area contributed by atoms with Crippen LogP contribution < -0.4 is 5.06 Å². The smallest absolute Gasteiger partial charge is 0.166 e. The quantitative estimate of drug-likeness (QED) is 0.692. The molecule has 3 fully saturated rings. The fourth-order valence-electron chi connectivity index (χ4n) is 4.70. The van der Waals surface area contributed by atoms with Gasteiger partial charge in [-0.3, -0.25) is 9.63 Å². The van der Waals surface area contributed by atoms with E-state index in [0.717, 1.165) is 5.69 Å². The summed E-state index contributed by atoms with van der Waals surface area (Å²) >= 11 is 0. The first-order chi connectivity index (χ1) is 13.3. The second-order valence-corrected chi connectivity index (χ2v) is 7.35. The average Bonchev–Trinajstić information content (AvgIpc) is 2.76. The molecule has 1 aliphatic carbocycles. The SMILES string of the molecule is O=C1C[C@H]2N(c3ccccc3)O[C@@H]1CC2(c1ccccc1)c1ccccc1. The van der Waals surface area contributed by atoms with Crippen LogP contribution in [0.2, 0.25) is 0 Å². The fraction of sp³-hybridized carbons (Fsp3) is 0.208. The van der Waals surface area contributed by atoms with Crippen molar-refractivity contribution in [2.45, 2.75) is 30.4 Å². The van der Waals surface area contributed by atoms with E-state index < -0.39 is 6.10 Å². The monoisotopic (exact) mass is 355 g/mol. The maximum absolute atomic E-state index is 12.6. The lowest BCUT2D eigenvalue weighted by Crippen LogP contribution is -2.65. The average molecular weight is 355 g/mol. The molecule has 3 aromatic carbocycles. The second-order valence-electron chi connectivity index (χ2n) is 7.35. The summed E-state index contributed by atoms with van der Waals surface area (Å²) in [5.74, 6) is 0.203. The topological polar surface area (TPSA) is 29.5 Å². The summed E-state index contributed by atoms with van der Waals surface area (Å²) < 4.78 is 0. The number of benzene rings is 3. The van der Waals surface area contributed by atoms with E-state index in [9.17, 15) is 4.79 Å². The van der Waals surface area contributed by atoms with Crippen LogP contribution in [0.4, 0.5) is 5.69 Å². The Morgan fingerprint density at radius 1 is 0.778 bits per heavy atom. The number of hydrogen-bond donors (Lipinski definition) is 0. The summed E-state index contributed by atoms with van der Waals surface area (Å²) in [6.07, 6.45) is 0.743. The van der Waals surface area contributed by atoms with Gasteiger partial charge in [0.15, 0.2) is 5.78 Å². The number of anilines is 1. The molecule has 0 N–H and O–H groups in total. The minimum absolute atomic E-state index is 0.0813. The van der Waals surface area contributed by atoms with Crippen LogP contribution >= 0.6 is 0 Å². The molecule has 27 heavy (non-hydrogen) atoms. The molecule has 2 atom stereocenters. The molecular weight excluding hydrogens is 334 g/mol. The highest BCUT2D eigenvalue weighted by Gasteiger charge is 2.57. The van der Waals surface area contributed by atoms with Crippen LogP contribution in [0, 0.1) is 0 Å². The van der Waals surface area contributed by atoms with Crippen molar-refractivity contribution in [1.29, 1.82) is 0 Å². The number of carbonyl (C=O) groups is 1. The third-order valence-corrected chi connectivity index (χ3v) is 5.94. The molecule has 134 valence electrons. The summed E-state index contributed by atoms with van der Waals surface area (Å²) in [5, 5.41) is 1.98. The number of rotatable bonds is 3. The van der Waals surface area contributed by atoms with E-state index in [1.165, 1.54) is 11.1 Å². The van der Waals surface area contributed by atoms with Gasteiger partial charge >= 0.3 is 0 Å². The number of para-hydroxylation sites is 1. The van der Waals surface area contributed by atoms with E-state index in [1.54, 1.807) is 0 Å². The van der Waals surface area contributed by atoms with Crippen molar-refractivity contribution in [3.63, 3.8) is 0 Å². The molecule has 0 spiro atoms. The zero-order valence-electron chi connectivity index (χ0n) is 15.0. The van der Waals surface area contributed by atoms with Crippen LogP contribution in [0.1, 0.15) is 24.0 Å². The lowest BCUT2D eigenvalue weighted by Gasteiger charge is -2.56. The molecule has 3 aromatic rings. The van der Waals surface area contributed by atoms with Crippen LogP contribution in [0.3, 0.4) is 0 Å². The molecule has 0 unspecified atom stereocenters. The number of fused-ring (bicyclic) bond motifs is 3. The normalized spacial score (nSPS) is 23.4. The maximum Gasteiger partial charge on any atom is 0.166 e. The minimum Gasteiger partial charge on any atom is -0.297 e. The highest BCUT2D eigenvalue weighted by molar-refractivity contribution is 5.88. The number of Topliss-reactive ketones (excluding diaryl/α,β-unsaturated/α-hetero) is 1. The lowest BCUT2D eigenvalue weighted by atomic mass is 9.60. The Labute approximate surface area is 159 Å². The zero-order chi connectivity index (χ0) is 18.3. The van der Waals surface area contributed by atoms with E-state index >= 15 is 0 Å². The Bertz CT molecular complexity index is 900. The number of hydroxylamine groups is 1. The number of carbonyl (C=O) groups excluding carboxylic acids is 1. The third kappa shape index (κ3) is 2.50. The summed E-state index contributed by atoms with van der Waals surface area (Å²) in [6, 6.07) is 31.2. The predicted octanol–water partition coefficient (Wildman–Crippen LogP) is 4.52. The molecule has 0 aromatic heterocycles. The summed E-state index contributed by atoms with van der Waals surface area (Å²) in [4.78, 5) is 18.8. The first kappa shape index (κ1) is 16.3. The van der Waals surface area contributed by atoms with Gasteiger partial charge in [-0.1, -0.05) is 78.9 Å². The first-order valence-corrected chi connectivity index (χ1v) is 9.44. The summed E-state index contributed by atoms with van der Waals surface area (Å²) in [6.45, 7) is 0. The Hall–Kier alpha value is -2.91. The molecule has 3 nitrogen and oxygen atoms in total. The molecule has 3 heteroatoms. The summed E-state index contributed by atoms with van der Waals surface area (Å²) in [7, 11) is 0. The standard InChI is InChI=1S/C24H21NO2/c26-21-16-23-24(18-10-4-1-5-11-18,19-12-6-2-7-13-19)17-22(21)27-25(23)20-14-8-3-9-15-20/h1-15,22-23H,16-17H2/t22-,23-/m1/s1. The van der Waals surface area contributed by atoms with Crippen molar-refractivity contribution >= 4 is 11.5 Å². The molecule has 2 bridgehead atoms. The Morgan fingerprint density at radius 3 is 1.81 bits per heavy atom. The van der Waals surface area contributed by atoms with E-state index in [-0.39, 0.29) is 17.2 Å². The van der Waals surface area contributed by atoms with Crippen LogP contribution in [0.25, 0.3) is 0 Å². The molecule has 2 aliphatic heterocycles. The Balaban J connectivity index is 1.72. The van der Waals surface area contributed by atoms with Gasteiger partial charge in [-0.25, -0.2) is 5.06 Å². The largest absolute Gasteiger partial charge is 0.297 e. The number of hydrogen-bond acceptors (Lipinski definition) is 3. The second kappa shape index (κ2) is 6.36. The van der Waals surface area contributed by atoms with Crippen LogP contribution in [-0.2, 0) is 15.0 Å². The van der Waals surface area contributed by atoms with Gasteiger partial charge in [-0.15, -0.1) is 0 Å². The Morgan fingerprint density at radius 2 is 1.30 bits per heavy atom. The highest BCUT2D eigenvalue weighted by Crippen LogP contribution is 2.51. The van der Waals surface area contributed by atoms with Gasteiger partial charge in [0.25, 0.3) is 0 Å². The molecule has 0 amide bonds. The van der Waals surface area contributed by atoms with Gasteiger partial charge < -0.3 is 0 Å². The minimum atomic E-state index is -0.421. The molecular formula is C24H21NO2. The number of ketones is 1. The van der Waals surface area contributed by atoms with Crippen molar-refractivity contribution in [1.82, 2.24) is 0 Å². The predicted molar refractivity (Wildman–Crippen MR) is 105 cm³/mol. The molecule has 1 saturated carbocycles. The van der Waals surface area contributed by atoms with Gasteiger partial charge in [-0.05, 0) is 29.7 Å². The molecule has 2 heterocycles. The Kier molecular flexibility index (Phi) is 3.83.